The van der Waals surface area contributed by atoms with Crippen molar-refractivity contribution in [3.8, 4) is 11.8 Å². The first-order chi connectivity index (χ1) is 13.1. The normalized spacial score (nSPS) is 21.8. The summed E-state index contributed by atoms with van der Waals surface area (Å²) in [5, 5.41) is 14.2. The Morgan fingerprint density at radius 1 is 1.31 bits per heavy atom. The molecule has 2 atom stereocenters. The zero-order valence-electron chi connectivity index (χ0n) is 16.8. The first-order valence-corrected chi connectivity index (χ1v) is 8.41. The van der Waals surface area contributed by atoms with E-state index in [9.17, 15) is 29.1 Å². The molecule has 2 unspecified atom stereocenters. The Labute approximate surface area is 190 Å². The number of allylic oxidation sites excluding steroid dienone is 1. The average Bonchev–Trinajstić information content (AvgIpc) is 2.61. The molecule has 1 fully saturated rings. The van der Waals surface area contributed by atoms with Gasteiger partial charge in [0.05, 0.1) is 6.02 Å². The fourth-order valence-corrected chi connectivity index (χ4v) is 2.61. The maximum atomic E-state index is 12.4. The topological polar surface area (TPSA) is 148 Å². The molecule has 2 aliphatic heterocycles. The molecule has 0 radical (unpaired) electrons. The Bertz CT molecular complexity index is 813. The van der Waals surface area contributed by atoms with Gasteiger partial charge in [0.25, 0.3) is 5.91 Å². The van der Waals surface area contributed by atoms with Gasteiger partial charge in [0.15, 0.2) is 0 Å². The number of hydrogen-bond donors (Lipinski definition) is 2. The van der Waals surface area contributed by atoms with Crippen LogP contribution in [0.2, 0.25) is 0 Å². The molecular formula is C18H21N4NaO6. The Kier molecular flexibility index (Phi) is 10.5. The number of carbonyl (C=O) groups is 5. The van der Waals surface area contributed by atoms with E-state index in [-0.39, 0.29) is 42.4 Å². The number of nitrogens with one attached hydrogen (secondary N) is 2. The van der Waals surface area contributed by atoms with Gasteiger partial charge in [0.1, 0.15) is 11.8 Å². The molecule has 0 aromatic carbocycles. The Morgan fingerprint density at radius 2 is 1.93 bits per heavy atom. The number of barbiturate groups is 1. The van der Waals surface area contributed by atoms with Crippen LogP contribution in [-0.2, 0) is 19.2 Å². The van der Waals surface area contributed by atoms with Gasteiger partial charge < -0.3 is 10.4 Å². The summed E-state index contributed by atoms with van der Waals surface area (Å²) in [4.78, 5) is 60.4. The fraction of sp³-hybridized carbons (Fsp3) is 0.444. The van der Waals surface area contributed by atoms with Crippen molar-refractivity contribution in [1.29, 1.82) is 0 Å². The number of aliphatic imine (C=N–C) groups is 1. The van der Waals surface area contributed by atoms with Crippen molar-refractivity contribution in [2.45, 2.75) is 33.1 Å². The number of amidine groups is 1. The zero-order valence-corrected chi connectivity index (χ0v) is 18.8. The van der Waals surface area contributed by atoms with Crippen molar-refractivity contribution < 1.29 is 58.6 Å². The van der Waals surface area contributed by atoms with Crippen molar-refractivity contribution >= 4 is 35.7 Å². The average molecular weight is 412 g/mol. The van der Waals surface area contributed by atoms with Gasteiger partial charge in [-0.05, 0) is 13.3 Å². The second kappa shape index (κ2) is 11.5. The van der Waals surface area contributed by atoms with Gasteiger partial charge in [-0.3, -0.25) is 29.4 Å². The van der Waals surface area contributed by atoms with E-state index in [2.05, 4.69) is 28.7 Å². The molecule has 0 aromatic heterocycles. The Morgan fingerprint density at radius 3 is 2.41 bits per heavy atom. The van der Waals surface area contributed by atoms with Crippen LogP contribution in [0.5, 0.6) is 0 Å². The minimum absolute atomic E-state index is 0. The molecule has 0 aromatic rings. The van der Waals surface area contributed by atoms with Gasteiger partial charge in [0, 0.05) is 19.4 Å². The predicted octanol–water partition coefficient (Wildman–Crippen LogP) is -3.94. The van der Waals surface area contributed by atoms with Crippen molar-refractivity contribution in [3.05, 3.63) is 12.7 Å². The van der Waals surface area contributed by atoms with Crippen LogP contribution in [0.15, 0.2) is 17.6 Å². The van der Waals surface area contributed by atoms with Crippen molar-refractivity contribution in [1.82, 2.24) is 15.5 Å². The van der Waals surface area contributed by atoms with Crippen LogP contribution >= 0.6 is 0 Å². The van der Waals surface area contributed by atoms with E-state index in [0.717, 1.165) is 4.90 Å². The van der Waals surface area contributed by atoms with Gasteiger partial charge in [-0.1, -0.05) is 18.9 Å². The molecule has 150 valence electrons. The van der Waals surface area contributed by atoms with E-state index in [0.29, 0.717) is 6.42 Å². The molecule has 0 saturated carbocycles. The molecule has 2 N–H and O–H groups in total. The Balaban J connectivity index is 0.000000658. The van der Waals surface area contributed by atoms with Crippen LogP contribution in [-0.4, -0.2) is 47.6 Å². The molecule has 0 bridgehead atoms. The van der Waals surface area contributed by atoms with E-state index >= 15 is 0 Å². The number of hydrogen-bond acceptors (Lipinski definition) is 6. The van der Waals surface area contributed by atoms with Gasteiger partial charge in [-0.15, -0.1) is 12.5 Å². The van der Waals surface area contributed by atoms with Gasteiger partial charge >= 0.3 is 35.6 Å². The maximum Gasteiger partial charge on any atom is 1.00 e. The third-order valence-electron chi connectivity index (χ3n) is 4.10. The predicted molar refractivity (Wildman–Crippen MR) is 96.0 cm³/mol. The summed E-state index contributed by atoms with van der Waals surface area (Å²) in [6.45, 7) is 7.19. The molecule has 0 spiro atoms. The molecular weight excluding hydrogens is 391 g/mol. The summed E-state index contributed by atoms with van der Waals surface area (Å²) in [6, 6.07) is -1.57. The summed E-state index contributed by atoms with van der Waals surface area (Å²) in [7, 11) is 1.35. The van der Waals surface area contributed by atoms with E-state index in [4.69, 9.17) is 0 Å². The quantitative estimate of drug-likeness (QED) is 0.209. The first kappa shape index (κ1) is 26.5. The van der Waals surface area contributed by atoms with Crippen LogP contribution in [0.25, 0.3) is 0 Å². The molecule has 2 rings (SSSR count). The van der Waals surface area contributed by atoms with Crippen LogP contribution in [0, 0.1) is 23.2 Å². The maximum absolute atomic E-state index is 12.4. The van der Waals surface area contributed by atoms with Crippen molar-refractivity contribution in [3.63, 3.8) is 0 Å². The van der Waals surface area contributed by atoms with E-state index in [1.54, 1.807) is 6.92 Å². The summed E-state index contributed by atoms with van der Waals surface area (Å²) in [6.07, 6.45) is 1.98. The largest absolute Gasteiger partial charge is 1.00 e. The number of rotatable bonds is 3. The Hall–Kier alpha value is -2.48. The molecule has 2 aliphatic rings. The van der Waals surface area contributed by atoms with E-state index < -0.39 is 47.0 Å². The summed E-state index contributed by atoms with van der Waals surface area (Å²) in [5.41, 5.74) is -1.37. The SMILES string of the molecule is C=CCC1(C(C)C#CCC)C(=O)NC(=O)N(C)C1=O.O=C1CC(=O)NC([O-])=N1.[Na+]. The molecule has 2 heterocycles. The van der Waals surface area contributed by atoms with Crippen molar-refractivity contribution in [2.24, 2.45) is 16.3 Å². The second-order valence-corrected chi connectivity index (χ2v) is 6.02. The molecule has 0 aliphatic carbocycles. The number of amides is 6. The van der Waals surface area contributed by atoms with Crippen LogP contribution in [0.1, 0.15) is 33.1 Å². The molecule has 11 heteroatoms. The minimum Gasteiger partial charge on any atom is -0.846 e. The number of urea groups is 1. The monoisotopic (exact) mass is 412 g/mol. The third-order valence-corrected chi connectivity index (χ3v) is 4.10. The number of imide groups is 2. The standard InChI is InChI=1S/C14H18N2O3.C4H4N2O3.Na/c1-5-7-8-10(3)14(9-6-2)11(17)15-13(19)16(4)12(14)18;7-2-1-3(8)6-4(9)5-2;/h6,10H,2,5,9H2,1,3-4H3,(H,15,17,19);1H2,(H2,5,6,7,8,9);/q;;+1/p-1. The number of nitrogens with zero attached hydrogens (tertiary/aromatic N) is 2. The fourth-order valence-electron chi connectivity index (χ4n) is 2.61. The van der Waals surface area contributed by atoms with Crippen LogP contribution in [0.3, 0.4) is 0 Å². The van der Waals surface area contributed by atoms with Gasteiger partial charge in [-0.25, -0.2) is 9.79 Å². The van der Waals surface area contributed by atoms with E-state index in [1.165, 1.54) is 13.1 Å². The summed E-state index contributed by atoms with van der Waals surface area (Å²) < 4.78 is 0. The summed E-state index contributed by atoms with van der Waals surface area (Å²) in [5.74, 6) is 2.90. The van der Waals surface area contributed by atoms with Gasteiger partial charge in [0.2, 0.25) is 17.7 Å². The second-order valence-electron chi connectivity index (χ2n) is 6.02. The molecule has 1 saturated heterocycles. The van der Waals surface area contributed by atoms with Crippen molar-refractivity contribution in [2.75, 3.05) is 7.05 Å². The van der Waals surface area contributed by atoms with Crippen LogP contribution < -0.4 is 45.3 Å². The molecule has 6 amide bonds. The van der Waals surface area contributed by atoms with Gasteiger partial charge in [-0.2, -0.15) is 0 Å². The zero-order chi connectivity index (χ0) is 21.5. The third kappa shape index (κ3) is 6.25. The number of carbonyl (C=O) groups excluding carboxylic acids is 5. The first-order valence-electron chi connectivity index (χ1n) is 8.41. The molecule has 29 heavy (non-hydrogen) atoms. The van der Waals surface area contributed by atoms with E-state index in [1.807, 2.05) is 12.2 Å². The summed E-state index contributed by atoms with van der Waals surface area (Å²) >= 11 is 0. The minimum atomic E-state index is -1.37. The molecule has 10 nitrogen and oxygen atoms in total. The van der Waals surface area contributed by atoms with Crippen LogP contribution in [0.4, 0.5) is 4.79 Å². The smallest absolute Gasteiger partial charge is 0.846 e.